The lowest BCUT2D eigenvalue weighted by Gasteiger charge is -2.04. The lowest BCUT2D eigenvalue weighted by atomic mass is 10.3. The van der Waals surface area contributed by atoms with Crippen LogP contribution in [0.25, 0.3) is 0 Å². The van der Waals surface area contributed by atoms with Crippen LogP contribution in [0.3, 0.4) is 0 Å². The number of halogens is 2. The lowest BCUT2D eigenvalue weighted by molar-refractivity contribution is 0.484. The summed E-state index contributed by atoms with van der Waals surface area (Å²) in [5.74, 6) is 0.559. The van der Waals surface area contributed by atoms with Crippen molar-refractivity contribution in [3.05, 3.63) is 32.7 Å². The van der Waals surface area contributed by atoms with Crippen molar-refractivity contribution in [3.63, 3.8) is 0 Å². The zero-order valence-corrected chi connectivity index (χ0v) is 12.6. The molecule has 96 valence electrons. The summed E-state index contributed by atoms with van der Waals surface area (Å²) in [6, 6.07) is 5.92. The van der Waals surface area contributed by atoms with Gasteiger partial charge in [-0.2, -0.15) is 0 Å². The minimum atomic E-state index is 0.378. The molecule has 1 aromatic carbocycles. The summed E-state index contributed by atoms with van der Waals surface area (Å²) in [6.45, 7) is 3.45. The van der Waals surface area contributed by atoms with E-state index in [9.17, 15) is 0 Å². The Morgan fingerprint density at radius 3 is 2.94 bits per heavy atom. The molecule has 0 unspecified atom stereocenters. The van der Waals surface area contributed by atoms with Gasteiger partial charge in [0.25, 0.3) is 0 Å². The predicted octanol–water partition coefficient (Wildman–Crippen LogP) is 3.18. The molecule has 5 nitrogen and oxygen atoms in total. The van der Waals surface area contributed by atoms with Crippen molar-refractivity contribution in [1.29, 1.82) is 0 Å². The second-order valence-electron chi connectivity index (χ2n) is 3.53. The summed E-state index contributed by atoms with van der Waals surface area (Å²) in [6.07, 6.45) is 0. The van der Waals surface area contributed by atoms with Gasteiger partial charge >= 0.3 is 6.01 Å². The highest BCUT2D eigenvalue weighted by molar-refractivity contribution is 14.1. The summed E-state index contributed by atoms with van der Waals surface area (Å²) in [7, 11) is 0. The maximum atomic E-state index is 5.89. The Balaban J connectivity index is 2.06. The molecule has 2 N–H and O–H groups in total. The van der Waals surface area contributed by atoms with Crippen LogP contribution in [0.1, 0.15) is 12.8 Å². The number of anilines is 2. The van der Waals surface area contributed by atoms with E-state index in [0.717, 1.165) is 15.8 Å². The van der Waals surface area contributed by atoms with E-state index in [1.54, 1.807) is 0 Å². The molecule has 0 aliphatic carbocycles. The van der Waals surface area contributed by atoms with Crippen molar-refractivity contribution in [3.8, 4) is 0 Å². The van der Waals surface area contributed by atoms with Crippen LogP contribution in [-0.4, -0.2) is 16.7 Å². The summed E-state index contributed by atoms with van der Waals surface area (Å²) in [5.41, 5.74) is 0.888. The Morgan fingerprint density at radius 2 is 2.22 bits per heavy atom. The van der Waals surface area contributed by atoms with Crippen LogP contribution in [0.4, 0.5) is 11.7 Å². The summed E-state index contributed by atoms with van der Waals surface area (Å²) >= 11 is 8.08. The fourth-order valence-corrected chi connectivity index (χ4v) is 2.32. The maximum Gasteiger partial charge on any atom is 0.320 e. The number of nitrogens with zero attached hydrogens (tertiary/aromatic N) is 2. The molecule has 2 aromatic rings. The first kappa shape index (κ1) is 13.6. The lowest BCUT2D eigenvalue weighted by Crippen LogP contribution is -2.11. The molecule has 0 bridgehead atoms. The van der Waals surface area contributed by atoms with Crippen molar-refractivity contribution in [1.82, 2.24) is 15.5 Å². The molecule has 0 spiro atoms. The van der Waals surface area contributed by atoms with Gasteiger partial charge in [-0.1, -0.05) is 23.6 Å². The second-order valence-corrected chi connectivity index (χ2v) is 5.13. The summed E-state index contributed by atoms with van der Waals surface area (Å²) < 4.78 is 6.43. The Bertz CT molecular complexity index is 532. The van der Waals surface area contributed by atoms with E-state index in [4.69, 9.17) is 16.0 Å². The van der Waals surface area contributed by atoms with Gasteiger partial charge in [0.2, 0.25) is 5.89 Å². The SMILES string of the molecule is CCNCc1nnc(Nc2ccc(Cl)cc2I)o1. The standard InChI is InChI=1S/C11H12ClIN4O/c1-2-14-6-10-16-17-11(18-10)15-9-4-3-7(12)5-8(9)13/h3-5,14H,2,6H2,1H3,(H,15,17). The van der Waals surface area contributed by atoms with Crippen molar-refractivity contribution in [2.45, 2.75) is 13.5 Å². The monoisotopic (exact) mass is 378 g/mol. The van der Waals surface area contributed by atoms with Crippen molar-refractivity contribution < 1.29 is 4.42 Å². The molecule has 0 atom stereocenters. The fourth-order valence-electron chi connectivity index (χ4n) is 1.31. The van der Waals surface area contributed by atoms with Crippen LogP contribution < -0.4 is 10.6 Å². The molecule has 0 saturated carbocycles. The predicted molar refractivity (Wildman–Crippen MR) is 79.1 cm³/mol. The topological polar surface area (TPSA) is 63.0 Å². The molecule has 0 radical (unpaired) electrons. The minimum absolute atomic E-state index is 0.378. The zero-order chi connectivity index (χ0) is 13.0. The largest absolute Gasteiger partial charge is 0.406 e. The van der Waals surface area contributed by atoms with Crippen LogP contribution in [0, 0.1) is 3.57 Å². The first-order valence-corrected chi connectivity index (χ1v) is 6.90. The third-order valence-electron chi connectivity index (χ3n) is 2.17. The Labute approximate surface area is 123 Å². The summed E-state index contributed by atoms with van der Waals surface area (Å²) in [4.78, 5) is 0. The van der Waals surface area contributed by atoms with E-state index in [-0.39, 0.29) is 0 Å². The van der Waals surface area contributed by atoms with Crippen LogP contribution >= 0.6 is 34.2 Å². The van der Waals surface area contributed by atoms with Crippen molar-refractivity contribution >= 4 is 45.9 Å². The molecule has 0 fully saturated rings. The molecular weight excluding hydrogens is 367 g/mol. The first-order chi connectivity index (χ1) is 8.69. The van der Waals surface area contributed by atoms with Crippen molar-refractivity contribution in [2.24, 2.45) is 0 Å². The van der Waals surface area contributed by atoms with E-state index >= 15 is 0 Å². The molecule has 0 amide bonds. The fraction of sp³-hybridized carbons (Fsp3) is 0.273. The number of benzene rings is 1. The van der Waals surface area contributed by atoms with Crippen LogP contribution in [0.2, 0.25) is 5.02 Å². The van der Waals surface area contributed by atoms with Gasteiger partial charge in [0.15, 0.2) is 0 Å². The molecule has 7 heteroatoms. The molecule has 0 aliphatic heterocycles. The normalized spacial score (nSPS) is 10.6. The smallest absolute Gasteiger partial charge is 0.320 e. The second kappa shape index (κ2) is 6.35. The minimum Gasteiger partial charge on any atom is -0.406 e. The van der Waals surface area contributed by atoms with Gasteiger partial charge in [0.1, 0.15) is 0 Å². The van der Waals surface area contributed by atoms with E-state index in [1.807, 2.05) is 25.1 Å². The molecule has 1 heterocycles. The molecule has 18 heavy (non-hydrogen) atoms. The molecule has 0 saturated heterocycles. The number of aromatic nitrogens is 2. The van der Waals surface area contributed by atoms with Crippen LogP contribution in [0.5, 0.6) is 0 Å². The number of hydrogen-bond donors (Lipinski definition) is 2. The average Bonchev–Trinajstić information content (AvgIpc) is 2.78. The Morgan fingerprint density at radius 1 is 1.39 bits per heavy atom. The molecular formula is C11H12ClIN4O. The molecule has 2 rings (SSSR count). The van der Waals surface area contributed by atoms with Gasteiger partial charge in [-0.05, 0) is 47.3 Å². The van der Waals surface area contributed by atoms with Gasteiger partial charge in [-0.3, -0.25) is 0 Å². The van der Waals surface area contributed by atoms with E-state index in [2.05, 4.69) is 43.4 Å². The maximum absolute atomic E-state index is 5.89. The third kappa shape index (κ3) is 3.56. The first-order valence-electron chi connectivity index (χ1n) is 5.44. The summed E-state index contributed by atoms with van der Waals surface area (Å²) in [5, 5.41) is 14.7. The Kier molecular flexibility index (Phi) is 4.79. The highest BCUT2D eigenvalue weighted by atomic mass is 127. The number of rotatable bonds is 5. The van der Waals surface area contributed by atoms with Gasteiger partial charge in [0.05, 0.1) is 12.2 Å². The van der Waals surface area contributed by atoms with Crippen molar-refractivity contribution in [2.75, 3.05) is 11.9 Å². The van der Waals surface area contributed by atoms with Gasteiger partial charge in [-0.15, -0.1) is 5.10 Å². The highest BCUT2D eigenvalue weighted by Crippen LogP contribution is 2.24. The van der Waals surface area contributed by atoms with E-state index < -0.39 is 0 Å². The van der Waals surface area contributed by atoms with Crippen LogP contribution in [-0.2, 0) is 6.54 Å². The van der Waals surface area contributed by atoms with E-state index in [0.29, 0.717) is 23.5 Å². The number of hydrogen-bond acceptors (Lipinski definition) is 5. The quantitative estimate of drug-likeness (QED) is 0.783. The van der Waals surface area contributed by atoms with Gasteiger partial charge in [0, 0.05) is 8.59 Å². The van der Waals surface area contributed by atoms with Crippen LogP contribution in [0.15, 0.2) is 22.6 Å². The number of nitrogens with one attached hydrogen (secondary N) is 2. The molecule has 1 aromatic heterocycles. The average molecular weight is 379 g/mol. The van der Waals surface area contributed by atoms with Gasteiger partial charge < -0.3 is 15.1 Å². The third-order valence-corrected chi connectivity index (χ3v) is 3.29. The highest BCUT2D eigenvalue weighted by Gasteiger charge is 2.07. The molecule has 0 aliphatic rings. The zero-order valence-electron chi connectivity index (χ0n) is 9.70. The van der Waals surface area contributed by atoms with Gasteiger partial charge in [-0.25, -0.2) is 0 Å². The van der Waals surface area contributed by atoms with E-state index in [1.165, 1.54) is 0 Å². The Hall–Kier alpha value is -0.860.